The van der Waals surface area contributed by atoms with Gasteiger partial charge in [0.05, 0.1) is 0 Å². The van der Waals surface area contributed by atoms with Crippen LogP contribution >= 0.6 is 62.3 Å². The Morgan fingerprint density at radius 2 is 1.77 bits per heavy atom. The lowest BCUT2D eigenvalue weighted by Gasteiger charge is -2.34. The maximum atomic E-state index is 4.60. The van der Waals surface area contributed by atoms with Crippen LogP contribution in [0, 0.1) is 0 Å². The molecule has 0 N–H and O–H groups in total. The highest BCUT2D eigenvalue weighted by atomic mass is 79.9. The second-order valence-electron chi connectivity index (χ2n) is 5.49. The zero-order chi connectivity index (χ0) is 13.7. The number of hydrogen-bond donors (Lipinski definition) is 0. The van der Waals surface area contributed by atoms with Crippen molar-refractivity contribution in [3.8, 4) is 0 Å². The Morgan fingerprint density at radius 3 is 2.32 bits per heavy atom. The van der Waals surface area contributed by atoms with E-state index in [-0.39, 0.29) is 50.9 Å². The molecule has 0 aromatic carbocycles. The van der Waals surface area contributed by atoms with E-state index in [0.29, 0.717) is 0 Å². The predicted octanol–water partition coefficient (Wildman–Crippen LogP) is 3.51. The molecule has 1 aliphatic heterocycles. The van der Waals surface area contributed by atoms with Gasteiger partial charge in [0.1, 0.15) is 0 Å². The average Bonchev–Trinajstić information content (AvgIpc) is 2.86. The first-order chi connectivity index (χ1) is 9.19. The first kappa shape index (κ1) is 25.0. The third-order valence-electron chi connectivity index (χ3n) is 3.53. The number of likely N-dealkylation sites (N-methyl/N-ethyl adjacent to an activating group) is 1. The van der Waals surface area contributed by atoms with E-state index in [1.54, 1.807) is 0 Å². The van der Waals surface area contributed by atoms with Gasteiger partial charge >= 0.3 is 0 Å². The summed E-state index contributed by atoms with van der Waals surface area (Å²) in [5.74, 6) is 0. The van der Waals surface area contributed by atoms with Gasteiger partial charge in [0.2, 0.25) is 0 Å². The van der Waals surface area contributed by atoms with Gasteiger partial charge < -0.3 is 9.80 Å². The second-order valence-corrected chi connectivity index (χ2v) is 6.58. The molecule has 1 saturated heterocycles. The van der Waals surface area contributed by atoms with Crippen LogP contribution in [0.1, 0.15) is 18.2 Å². The molecule has 0 atom stereocenters. The van der Waals surface area contributed by atoms with E-state index in [2.05, 4.69) is 46.9 Å². The van der Waals surface area contributed by atoms with Gasteiger partial charge in [-0.1, -0.05) is 6.92 Å². The Labute approximate surface area is 170 Å². The summed E-state index contributed by atoms with van der Waals surface area (Å²) in [6.07, 6.45) is 4.42. The van der Waals surface area contributed by atoms with E-state index in [9.17, 15) is 0 Å². The molecule has 22 heavy (non-hydrogen) atoms. The van der Waals surface area contributed by atoms with E-state index in [1.807, 2.05) is 11.3 Å². The van der Waals surface area contributed by atoms with Crippen LogP contribution in [0.3, 0.4) is 0 Å². The van der Waals surface area contributed by atoms with Crippen molar-refractivity contribution < 1.29 is 0 Å². The van der Waals surface area contributed by atoms with Crippen LogP contribution < -0.4 is 4.90 Å². The van der Waals surface area contributed by atoms with Crippen LogP contribution in [-0.2, 0) is 6.42 Å². The Kier molecular flexibility index (Phi) is 14.9. The van der Waals surface area contributed by atoms with Crippen LogP contribution in [0.2, 0.25) is 0 Å². The van der Waals surface area contributed by atoms with Gasteiger partial charge in [-0.2, -0.15) is 0 Å². The Bertz CT molecular complexity index is 382. The number of aromatic nitrogens is 1. The molecule has 0 spiro atoms. The highest BCUT2D eigenvalue weighted by Gasteiger charge is 2.18. The molecule has 0 saturated carbocycles. The van der Waals surface area contributed by atoms with Crippen molar-refractivity contribution in [3.05, 3.63) is 11.1 Å². The fraction of sp³-hybridized carbons (Fsp3) is 0.786. The Morgan fingerprint density at radius 1 is 1.14 bits per heavy atom. The fourth-order valence-electron chi connectivity index (χ4n) is 2.37. The van der Waals surface area contributed by atoms with Gasteiger partial charge in [-0.25, -0.2) is 4.98 Å². The lowest BCUT2D eigenvalue weighted by molar-refractivity contribution is 0.258. The third-order valence-corrected chi connectivity index (χ3v) is 4.65. The molecular weight excluding hydrogens is 496 g/mol. The molecule has 0 bridgehead atoms. The van der Waals surface area contributed by atoms with Crippen LogP contribution in [0.4, 0.5) is 5.13 Å². The smallest absolute Gasteiger partial charge is 0.185 e. The largest absolute Gasteiger partial charge is 0.346 e. The van der Waals surface area contributed by atoms with Crippen LogP contribution in [0.5, 0.6) is 0 Å². The number of thiazole rings is 1. The summed E-state index contributed by atoms with van der Waals surface area (Å²) < 4.78 is 0. The number of hydrogen-bond acceptors (Lipinski definition) is 5. The number of anilines is 1. The maximum absolute atomic E-state index is 4.60. The minimum atomic E-state index is 0. The summed E-state index contributed by atoms with van der Waals surface area (Å²) >= 11 is 1.87. The molecule has 0 amide bonds. The van der Waals surface area contributed by atoms with Crippen molar-refractivity contribution >= 4 is 67.4 Å². The Hall–Kier alpha value is 0.790. The fourth-order valence-corrected chi connectivity index (χ4v) is 3.32. The highest BCUT2D eigenvalue weighted by molar-refractivity contribution is 8.93. The van der Waals surface area contributed by atoms with Gasteiger partial charge in [-0.05, 0) is 33.5 Å². The summed E-state index contributed by atoms with van der Waals surface area (Å²) in [5.41, 5.74) is 0. The number of nitrogens with zero attached hydrogens (tertiary/aromatic N) is 4. The van der Waals surface area contributed by atoms with E-state index in [0.717, 1.165) is 26.1 Å². The van der Waals surface area contributed by atoms with E-state index in [1.165, 1.54) is 36.1 Å². The summed E-state index contributed by atoms with van der Waals surface area (Å²) in [6, 6.07) is 0. The van der Waals surface area contributed by atoms with Crippen molar-refractivity contribution in [3.63, 3.8) is 0 Å². The summed E-state index contributed by atoms with van der Waals surface area (Å²) in [7, 11) is 4.24. The Balaban J connectivity index is 0. The summed E-state index contributed by atoms with van der Waals surface area (Å²) in [6.45, 7) is 9.21. The topological polar surface area (TPSA) is 22.6 Å². The second kappa shape index (κ2) is 13.1. The first-order valence-electron chi connectivity index (χ1n) is 7.25. The zero-order valence-electron chi connectivity index (χ0n) is 13.7. The normalized spacial score (nSPS) is 15.0. The third kappa shape index (κ3) is 8.06. The molecule has 0 unspecified atom stereocenters. The number of piperazine rings is 1. The summed E-state index contributed by atoms with van der Waals surface area (Å²) in [5, 5.41) is 1.21. The molecule has 0 radical (unpaired) electrons. The van der Waals surface area contributed by atoms with Gasteiger partial charge in [-0.3, -0.25) is 4.90 Å². The molecule has 0 aliphatic carbocycles. The van der Waals surface area contributed by atoms with E-state index < -0.39 is 0 Å². The van der Waals surface area contributed by atoms with Crippen molar-refractivity contribution in [2.24, 2.45) is 0 Å². The lowest BCUT2D eigenvalue weighted by atomic mass is 10.3. The first-order valence-corrected chi connectivity index (χ1v) is 8.07. The molecule has 1 aliphatic rings. The molecule has 2 heterocycles. The average molecular weight is 525 g/mol. The molecule has 132 valence electrons. The zero-order valence-corrected chi connectivity index (χ0v) is 19.6. The molecule has 1 fully saturated rings. The molecule has 2 rings (SSSR count). The standard InChI is InChI=1S/C14H26N4S.3BrH/c1-4-6-17-8-10-18(11-9-17)14-15-12-13(19-14)5-7-16(2)3;;;/h12H,4-11H2,1-3H3;3*1H. The van der Waals surface area contributed by atoms with Crippen LogP contribution in [0.25, 0.3) is 0 Å². The summed E-state index contributed by atoms with van der Waals surface area (Å²) in [4.78, 5) is 13.2. The molecule has 1 aromatic heterocycles. The number of rotatable bonds is 6. The van der Waals surface area contributed by atoms with Gasteiger partial charge in [0, 0.05) is 43.8 Å². The molecular formula is C14H29Br3N4S. The highest BCUT2D eigenvalue weighted by Crippen LogP contribution is 2.24. The van der Waals surface area contributed by atoms with Crippen molar-refractivity contribution in [2.75, 3.05) is 58.3 Å². The van der Waals surface area contributed by atoms with Gasteiger partial charge in [0.25, 0.3) is 0 Å². The molecule has 8 heteroatoms. The SMILES string of the molecule is Br.Br.Br.CCCN1CCN(c2ncc(CCN(C)C)s2)CC1. The van der Waals surface area contributed by atoms with Gasteiger partial charge in [0.15, 0.2) is 5.13 Å². The van der Waals surface area contributed by atoms with Crippen molar-refractivity contribution in [1.29, 1.82) is 0 Å². The monoisotopic (exact) mass is 522 g/mol. The van der Waals surface area contributed by atoms with Gasteiger partial charge in [-0.15, -0.1) is 62.3 Å². The van der Waals surface area contributed by atoms with Crippen molar-refractivity contribution in [2.45, 2.75) is 19.8 Å². The predicted molar refractivity (Wildman–Crippen MR) is 114 cm³/mol. The van der Waals surface area contributed by atoms with Crippen LogP contribution in [-0.4, -0.2) is 68.1 Å². The maximum Gasteiger partial charge on any atom is 0.185 e. The minimum Gasteiger partial charge on any atom is -0.346 e. The van der Waals surface area contributed by atoms with Crippen LogP contribution in [0.15, 0.2) is 6.20 Å². The number of halogens is 3. The van der Waals surface area contributed by atoms with E-state index >= 15 is 0 Å². The molecule has 4 nitrogen and oxygen atoms in total. The lowest BCUT2D eigenvalue weighted by Crippen LogP contribution is -2.46. The minimum absolute atomic E-state index is 0. The van der Waals surface area contributed by atoms with E-state index in [4.69, 9.17) is 0 Å². The van der Waals surface area contributed by atoms with Crippen molar-refractivity contribution in [1.82, 2.24) is 14.8 Å². The molecule has 1 aromatic rings. The quantitative estimate of drug-likeness (QED) is 0.568.